The summed E-state index contributed by atoms with van der Waals surface area (Å²) in [5, 5.41) is 6.87. The molecule has 1 aromatic carbocycles. The van der Waals surface area contributed by atoms with Crippen molar-refractivity contribution in [2.24, 2.45) is 0 Å². The summed E-state index contributed by atoms with van der Waals surface area (Å²) < 4.78 is 5.17. The Kier molecular flexibility index (Phi) is 4.39. The molecule has 3 nitrogen and oxygen atoms in total. The summed E-state index contributed by atoms with van der Waals surface area (Å²) in [7, 11) is 1.92. The van der Waals surface area contributed by atoms with E-state index < -0.39 is 0 Å². The average Bonchev–Trinajstić information content (AvgIpc) is 3.15. The van der Waals surface area contributed by atoms with Gasteiger partial charge < -0.3 is 9.73 Å². The lowest BCUT2D eigenvalue weighted by Gasteiger charge is -2.13. The zero-order valence-electron chi connectivity index (χ0n) is 11.5. The van der Waals surface area contributed by atoms with Crippen LogP contribution in [0.5, 0.6) is 0 Å². The second kappa shape index (κ2) is 6.43. The number of hydrogen-bond acceptors (Lipinski definition) is 4. The van der Waals surface area contributed by atoms with Gasteiger partial charge in [0, 0.05) is 29.0 Å². The number of aromatic nitrogens is 1. The molecule has 3 rings (SSSR count). The monoisotopic (exact) mass is 318 g/mol. The molecular weight excluding hydrogens is 304 g/mol. The van der Waals surface area contributed by atoms with Crippen molar-refractivity contribution in [1.29, 1.82) is 0 Å². The number of benzene rings is 1. The van der Waals surface area contributed by atoms with Crippen LogP contribution in [0.4, 0.5) is 0 Å². The summed E-state index contributed by atoms with van der Waals surface area (Å²) in [5.41, 5.74) is 3.13. The number of thiazole rings is 1. The maximum absolute atomic E-state index is 6.06. The van der Waals surface area contributed by atoms with Gasteiger partial charge in [0.1, 0.15) is 0 Å². The minimum Gasteiger partial charge on any atom is -0.453 e. The molecule has 2 aromatic heterocycles. The van der Waals surface area contributed by atoms with Gasteiger partial charge in [0.25, 0.3) is 0 Å². The van der Waals surface area contributed by atoms with Crippen molar-refractivity contribution in [2.75, 3.05) is 7.05 Å². The molecule has 0 amide bonds. The minimum absolute atomic E-state index is 0.103. The zero-order valence-corrected chi connectivity index (χ0v) is 13.1. The number of halogens is 1. The van der Waals surface area contributed by atoms with Gasteiger partial charge >= 0.3 is 0 Å². The molecule has 1 N–H and O–H groups in total. The Hall–Kier alpha value is -1.62. The molecule has 3 aromatic rings. The number of furan rings is 1. The highest BCUT2D eigenvalue weighted by molar-refractivity contribution is 7.09. The standard InChI is InChI=1S/C16H15ClN2OS/c1-18-13(12-7-8-20-16(12)17)9-15-19-14(10-21-15)11-5-3-2-4-6-11/h2-8,10,13,18H,9H2,1H3. The first-order chi connectivity index (χ1) is 10.3. The molecule has 0 aliphatic rings. The quantitative estimate of drug-likeness (QED) is 0.749. The van der Waals surface area contributed by atoms with E-state index in [0.29, 0.717) is 5.22 Å². The SMILES string of the molecule is CNC(Cc1nc(-c2ccccc2)cs1)c1ccoc1Cl. The summed E-state index contributed by atoms with van der Waals surface area (Å²) in [6.45, 7) is 0. The molecule has 1 unspecified atom stereocenters. The fourth-order valence-electron chi connectivity index (χ4n) is 2.24. The summed E-state index contributed by atoms with van der Waals surface area (Å²) >= 11 is 7.72. The topological polar surface area (TPSA) is 38.1 Å². The van der Waals surface area contributed by atoms with E-state index >= 15 is 0 Å². The van der Waals surface area contributed by atoms with Crippen molar-refractivity contribution in [3.63, 3.8) is 0 Å². The van der Waals surface area contributed by atoms with Gasteiger partial charge in [-0.1, -0.05) is 30.3 Å². The van der Waals surface area contributed by atoms with Gasteiger partial charge in [-0.25, -0.2) is 4.98 Å². The average molecular weight is 319 g/mol. The normalized spacial score (nSPS) is 12.5. The Morgan fingerprint density at radius 1 is 1.29 bits per heavy atom. The van der Waals surface area contributed by atoms with E-state index in [4.69, 9.17) is 21.0 Å². The highest BCUT2D eigenvalue weighted by Gasteiger charge is 2.17. The molecule has 5 heteroatoms. The van der Waals surface area contributed by atoms with E-state index in [2.05, 4.69) is 22.8 Å². The van der Waals surface area contributed by atoms with Gasteiger partial charge in [-0.2, -0.15) is 0 Å². The molecule has 0 radical (unpaired) electrons. The smallest absolute Gasteiger partial charge is 0.197 e. The molecule has 0 saturated carbocycles. The number of nitrogens with one attached hydrogen (secondary N) is 1. The predicted molar refractivity (Wildman–Crippen MR) is 86.8 cm³/mol. The fourth-order valence-corrected chi connectivity index (χ4v) is 3.34. The molecule has 1 atom stereocenters. The second-order valence-electron chi connectivity index (χ2n) is 4.69. The van der Waals surface area contributed by atoms with Crippen molar-refractivity contribution in [2.45, 2.75) is 12.5 Å². The highest BCUT2D eigenvalue weighted by Crippen LogP contribution is 2.29. The van der Waals surface area contributed by atoms with Crippen LogP contribution in [0.3, 0.4) is 0 Å². The molecule has 21 heavy (non-hydrogen) atoms. The Morgan fingerprint density at radius 2 is 2.10 bits per heavy atom. The highest BCUT2D eigenvalue weighted by atomic mass is 35.5. The van der Waals surface area contributed by atoms with E-state index in [1.54, 1.807) is 17.6 Å². The van der Waals surface area contributed by atoms with E-state index in [1.807, 2.05) is 31.3 Å². The summed E-state index contributed by atoms with van der Waals surface area (Å²) in [6.07, 6.45) is 2.40. The van der Waals surface area contributed by atoms with Crippen molar-refractivity contribution in [1.82, 2.24) is 10.3 Å². The summed E-state index contributed by atoms with van der Waals surface area (Å²) in [4.78, 5) is 4.71. The molecule has 2 heterocycles. The van der Waals surface area contributed by atoms with Gasteiger partial charge in [0.2, 0.25) is 0 Å². The van der Waals surface area contributed by atoms with Crippen molar-refractivity contribution < 1.29 is 4.42 Å². The van der Waals surface area contributed by atoms with Crippen LogP contribution < -0.4 is 5.32 Å². The van der Waals surface area contributed by atoms with Crippen LogP contribution in [0.1, 0.15) is 16.6 Å². The van der Waals surface area contributed by atoms with Gasteiger partial charge in [-0.3, -0.25) is 0 Å². The van der Waals surface area contributed by atoms with Gasteiger partial charge in [-0.05, 0) is 24.7 Å². The lowest BCUT2D eigenvalue weighted by Crippen LogP contribution is -2.18. The Bertz CT molecular complexity index is 708. The summed E-state index contributed by atoms with van der Waals surface area (Å²) in [5.74, 6) is 0. The van der Waals surface area contributed by atoms with Crippen molar-refractivity contribution in [3.05, 3.63) is 63.8 Å². The minimum atomic E-state index is 0.103. The third kappa shape index (κ3) is 3.18. The van der Waals surface area contributed by atoms with Crippen molar-refractivity contribution >= 4 is 22.9 Å². The number of nitrogens with zero attached hydrogens (tertiary/aromatic N) is 1. The Balaban J connectivity index is 1.79. The molecule has 0 fully saturated rings. The second-order valence-corrected chi connectivity index (χ2v) is 5.97. The molecular formula is C16H15ClN2OS. The largest absolute Gasteiger partial charge is 0.453 e. The van der Waals surface area contributed by atoms with Gasteiger partial charge in [0.15, 0.2) is 5.22 Å². The Labute approximate surface area is 132 Å². The fraction of sp³-hybridized carbons (Fsp3) is 0.188. The van der Waals surface area contributed by atoms with E-state index in [-0.39, 0.29) is 6.04 Å². The van der Waals surface area contributed by atoms with Crippen LogP contribution in [0, 0.1) is 0 Å². The van der Waals surface area contributed by atoms with Gasteiger partial charge in [-0.15, -0.1) is 11.3 Å². The number of rotatable bonds is 5. The first-order valence-electron chi connectivity index (χ1n) is 6.68. The zero-order chi connectivity index (χ0) is 14.7. The molecule has 0 aliphatic carbocycles. The molecule has 0 saturated heterocycles. The van der Waals surface area contributed by atoms with Crippen LogP contribution in [0.15, 0.2) is 52.5 Å². The third-order valence-corrected chi connectivity index (χ3v) is 4.55. The van der Waals surface area contributed by atoms with E-state index in [1.165, 1.54) is 0 Å². The van der Waals surface area contributed by atoms with Crippen LogP contribution in [0.2, 0.25) is 5.22 Å². The molecule has 108 valence electrons. The summed E-state index contributed by atoms with van der Waals surface area (Å²) in [6, 6.07) is 12.2. The third-order valence-electron chi connectivity index (χ3n) is 3.37. The van der Waals surface area contributed by atoms with Crippen LogP contribution in [-0.2, 0) is 6.42 Å². The molecule has 0 aliphatic heterocycles. The maximum atomic E-state index is 6.06. The lowest BCUT2D eigenvalue weighted by atomic mass is 10.1. The van der Waals surface area contributed by atoms with Crippen LogP contribution in [0.25, 0.3) is 11.3 Å². The van der Waals surface area contributed by atoms with E-state index in [0.717, 1.165) is 28.2 Å². The predicted octanol–water partition coefficient (Wildman–Crippen LogP) is 4.56. The van der Waals surface area contributed by atoms with E-state index in [9.17, 15) is 0 Å². The maximum Gasteiger partial charge on any atom is 0.197 e. The van der Waals surface area contributed by atoms with Crippen LogP contribution in [-0.4, -0.2) is 12.0 Å². The first-order valence-corrected chi connectivity index (χ1v) is 7.93. The lowest BCUT2D eigenvalue weighted by molar-refractivity contribution is 0.544. The first kappa shape index (κ1) is 14.3. The van der Waals surface area contributed by atoms with Gasteiger partial charge in [0.05, 0.1) is 17.0 Å². The van der Waals surface area contributed by atoms with Crippen molar-refractivity contribution in [3.8, 4) is 11.3 Å². The van der Waals surface area contributed by atoms with Crippen LogP contribution >= 0.6 is 22.9 Å². The molecule has 0 bridgehead atoms. The number of likely N-dealkylation sites (N-methyl/N-ethyl adjacent to an activating group) is 1. The number of hydrogen-bond donors (Lipinski definition) is 1. The molecule has 0 spiro atoms. The Morgan fingerprint density at radius 3 is 2.76 bits per heavy atom.